The largest absolute Gasteiger partial charge is 0.496 e. The van der Waals surface area contributed by atoms with Crippen LogP contribution >= 0.6 is 0 Å². The maximum Gasteiger partial charge on any atom is 0.305 e. The Bertz CT molecular complexity index is 457. The number of halogens is 1. The monoisotopic (exact) mass is 268 g/mol. The predicted molar refractivity (Wildman–Crippen MR) is 67.8 cm³/mol. The number of carbonyl (C=O) groups excluding carboxylic acids is 2. The minimum atomic E-state index is -0.473. The molecule has 0 spiro atoms. The van der Waals surface area contributed by atoms with Crippen molar-refractivity contribution in [3.63, 3.8) is 0 Å². The quantitative estimate of drug-likeness (QED) is 0.433. The first-order valence-corrected chi connectivity index (χ1v) is 6.02. The van der Waals surface area contributed by atoms with Gasteiger partial charge in [-0.3, -0.25) is 9.59 Å². The highest BCUT2D eigenvalue weighted by Gasteiger charge is 2.13. The molecular formula is C14H17FO4. The molecule has 0 bridgehead atoms. The van der Waals surface area contributed by atoms with E-state index in [1.165, 1.54) is 32.4 Å². The Hall–Kier alpha value is -1.91. The van der Waals surface area contributed by atoms with Crippen LogP contribution in [0.3, 0.4) is 0 Å². The van der Waals surface area contributed by atoms with Crippen LogP contribution in [0.2, 0.25) is 0 Å². The van der Waals surface area contributed by atoms with Gasteiger partial charge >= 0.3 is 5.97 Å². The molecule has 104 valence electrons. The van der Waals surface area contributed by atoms with Crippen LogP contribution in [0.15, 0.2) is 18.2 Å². The molecule has 0 radical (unpaired) electrons. The lowest BCUT2D eigenvalue weighted by atomic mass is 10.0. The molecular weight excluding hydrogens is 251 g/mol. The fourth-order valence-electron chi connectivity index (χ4n) is 1.69. The Kier molecular flexibility index (Phi) is 5.99. The number of hydrogen-bond donors (Lipinski definition) is 0. The molecule has 0 heterocycles. The molecule has 19 heavy (non-hydrogen) atoms. The number of rotatable bonds is 7. The van der Waals surface area contributed by atoms with Gasteiger partial charge in [-0.05, 0) is 31.0 Å². The summed E-state index contributed by atoms with van der Waals surface area (Å²) in [5, 5.41) is 0. The van der Waals surface area contributed by atoms with Crippen molar-refractivity contribution in [1.82, 2.24) is 0 Å². The van der Waals surface area contributed by atoms with Crippen LogP contribution < -0.4 is 4.74 Å². The molecule has 0 aliphatic heterocycles. The molecule has 0 unspecified atom stereocenters. The summed E-state index contributed by atoms with van der Waals surface area (Å²) in [4.78, 5) is 22.8. The van der Waals surface area contributed by atoms with Crippen molar-refractivity contribution in [2.75, 3.05) is 14.2 Å². The van der Waals surface area contributed by atoms with Crippen molar-refractivity contribution in [2.45, 2.75) is 25.7 Å². The first-order valence-electron chi connectivity index (χ1n) is 6.02. The van der Waals surface area contributed by atoms with Crippen molar-refractivity contribution in [3.05, 3.63) is 29.6 Å². The lowest BCUT2D eigenvalue weighted by Crippen LogP contribution is -2.04. The summed E-state index contributed by atoms with van der Waals surface area (Å²) in [6, 6.07) is 3.84. The number of unbranched alkanes of at least 4 members (excludes halogenated alkanes) is 1. The fourth-order valence-corrected chi connectivity index (χ4v) is 1.69. The van der Waals surface area contributed by atoms with E-state index in [9.17, 15) is 14.0 Å². The zero-order chi connectivity index (χ0) is 14.3. The van der Waals surface area contributed by atoms with E-state index >= 15 is 0 Å². The number of Topliss-reactive ketones (excluding diaryl/α,β-unsaturated/α-hetero) is 1. The van der Waals surface area contributed by atoms with Crippen LogP contribution in [0.5, 0.6) is 5.75 Å². The Balaban J connectivity index is 2.54. The van der Waals surface area contributed by atoms with Gasteiger partial charge in [-0.2, -0.15) is 0 Å². The van der Waals surface area contributed by atoms with Crippen LogP contribution in [0.25, 0.3) is 0 Å². The third kappa shape index (κ3) is 4.69. The maximum atomic E-state index is 13.1. The third-order valence-corrected chi connectivity index (χ3v) is 2.72. The van der Waals surface area contributed by atoms with Gasteiger partial charge in [0, 0.05) is 12.8 Å². The lowest BCUT2D eigenvalue weighted by molar-refractivity contribution is -0.140. The number of hydrogen-bond acceptors (Lipinski definition) is 4. The minimum absolute atomic E-state index is 0.193. The number of ether oxygens (including phenoxy) is 2. The molecule has 0 amide bonds. The van der Waals surface area contributed by atoms with Gasteiger partial charge < -0.3 is 9.47 Å². The van der Waals surface area contributed by atoms with E-state index in [1.807, 2.05) is 0 Å². The second kappa shape index (κ2) is 7.51. The number of carbonyl (C=O) groups is 2. The Morgan fingerprint density at radius 2 is 1.84 bits per heavy atom. The molecule has 0 aromatic heterocycles. The minimum Gasteiger partial charge on any atom is -0.496 e. The Labute approximate surface area is 111 Å². The average Bonchev–Trinajstić information content (AvgIpc) is 2.42. The van der Waals surface area contributed by atoms with E-state index in [0.717, 1.165) is 0 Å². The molecule has 1 aromatic carbocycles. The molecule has 0 aliphatic carbocycles. The van der Waals surface area contributed by atoms with Gasteiger partial charge in [0.05, 0.1) is 19.8 Å². The normalized spacial score (nSPS) is 10.1. The van der Waals surface area contributed by atoms with Crippen LogP contribution in [-0.4, -0.2) is 26.0 Å². The highest BCUT2D eigenvalue weighted by Crippen LogP contribution is 2.21. The summed E-state index contributed by atoms with van der Waals surface area (Å²) in [7, 11) is 2.76. The molecule has 5 heteroatoms. The van der Waals surface area contributed by atoms with Gasteiger partial charge in [0.1, 0.15) is 11.6 Å². The van der Waals surface area contributed by atoms with Crippen molar-refractivity contribution in [2.24, 2.45) is 0 Å². The van der Waals surface area contributed by atoms with Gasteiger partial charge in [0.2, 0.25) is 0 Å². The van der Waals surface area contributed by atoms with Crippen molar-refractivity contribution >= 4 is 11.8 Å². The standard InChI is InChI=1S/C14H17FO4/c1-18-13-8-7-10(15)9-11(13)12(16)5-3-4-6-14(17)19-2/h7-9H,3-6H2,1-2H3. The van der Waals surface area contributed by atoms with E-state index in [1.54, 1.807) is 0 Å². The zero-order valence-corrected chi connectivity index (χ0v) is 11.1. The summed E-state index contributed by atoms with van der Waals surface area (Å²) in [5.41, 5.74) is 0.237. The van der Waals surface area contributed by atoms with E-state index in [2.05, 4.69) is 4.74 Å². The Morgan fingerprint density at radius 1 is 1.16 bits per heavy atom. The summed E-state index contributed by atoms with van der Waals surface area (Å²) in [5.74, 6) is -0.602. The summed E-state index contributed by atoms with van der Waals surface area (Å²) in [6.07, 6.45) is 1.64. The van der Waals surface area contributed by atoms with Crippen molar-refractivity contribution in [1.29, 1.82) is 0 Å². The topological polar surface area (TPSA) is 52.6 Å². The van der Waals surface area contributed by atoms with E-state index in [0.29, 0.717) is 18.6 Å². The summed E-state index contributed by atoms with van der Waals surface area (Å²) in [6.45, 7) is 0. The predicted octanol–water partition coefficient (Wildman–Crippen LogP) is 2.75. The molecule has 0 aliphatic rings. The third-order valence-electron chi connectivity index (χ3n) is 2.72. The molecule has 4 nitrogen and oxygen atoms in total. The fraction of sp³-hybridized carbons (Fsp3) is 0.429. The van der Waals surface area contributed by atoms with Crippen LogP contribution in [0.4, 0.5) is 4.39 Å². The second-order valence-corrected chi connectivity index (χ2v) is 4.05. The van der Waals surface area contributed by atoms with Crippen LogP contribution in [0, 0.1) is 5.82 Å². The molecule has 1 aromatic rings. The van der Waals surface area contributed by atoms with Gasteiger partial charge in [-0.1, -0.05) is 0 Å². The van der Waals surface area contributed by atoms with E-state index in [-0.39, 0.29) is 30.2 Å². The van der Waals surface area contributed by atoms with Gasteiger partial charge in [0.15, 0.2) is 5.78 Å². The highest BCUT2D eigenvalue weighted by atomic mass is 19.1. The van der Waals surface area contributed by atoms with Gasteiger partial charge in [-0.25, -0.2) is 4.39 Å². The van der Waals surface area contributed by atoms with E-state index in [4.69, 9.17) is 4.74 Å². The van der Waals surface area contributed by atoms with Crippen molar-refractivity contribution < 1.29 is 23.5 Å². The number of benzene rings is 1. The average molecular weight is 268 g/mol. The smallest absolute Gasteiger partial charge is 0.305 e. The number of methoxy groups -OCH3 is 2. The molecule has 0 fully saturated rings. The first kappa shape index (κ1) is 15.1. The molecule has 0 saturated heterocycles. The van der Waals surface area contributed by atoms with Crippen LogP contribution in [-0.2, 0) is 9.53 Å². The lowest BCUT2D eigenvalue weighted by Gasteiger charge is -2.07. The van der Waals surface area contributed by atoms with Gasteiger partial charge in [0.25, 0.3) is 0 Å². The van der Waals surface area contributed by atoms with Gasteiger partial charge in [-0.15, -0.1) is 0 Å². The summed E-state index contributed by atoms with van der Waals surface area (Å²) >= 11 is 0. The molecule has 0 atom stereocenters. The second-order valence-electron chi connectivity index (χ2n) is 4.05. The SMILES string of the molecule is COC(=O)CCCCC(=O)c1cc(F)ccc1OC. The molecule has 1 rings (SSSR count). The molecule has 0 N–H and O–H groups in total. The highest BCUT2D eigenvalue weighted by molar-refractivity contribution is 5.98. The number of ketones is 1. The summed E-state index contributed by atoms with van der Waals surface area (Å²) < 4.78 is 22.6. The van der Waals surface area contributed by atoms with Crippen LogP contribution in [0.1, 0.15) is 36.0 Å². The Morgan fingerprint density at radius 3 is 2.47 bits per heavy atom. The zero-order valence-electron chi connectivity index (χ0n) is 11.1. The number of esters is 1. The van der Waals surface area contributed by atoms with E-state index < -0.39 is 5.82 Å². The van der Waals surface area contributed by atoms with Crippen molar-refractivity contribution in [3.8, 4) is 5.75 Å². The maximum absolute atomic E-state index is 13.1. The first-order chi connectivity index (χ1) is 9.08. The molecule has 0 saturated carbocycles.